The third-order valence-electron chi connectivity index (χ3n) is 7.06. The number of hydrazone groups is 1. The van der Waals surface area contributed by atoms with Gasteiger partial charge in [0.2, 0.25) is 0 Å². The summed E-state index contributed by atoms with van der Waals surface area (Å²) >= 11 is 0. The van der Waals surface area contributed by atoms with Gasteiger partial charge in [-0.15, -0.1) is 0 Å². The van der Waals surface area contributed by atoms with Crippen molar-refractivity contribution in [1.29, 1.82) is 0 Å². The number of halogens is 1. The Morgan fingerprint density at radius 2 is 1.59 bits per heavy atom. The number of aromatic amines is 1. The Balaban J connectivity index is 1.37. The molecular weight excluding hydrogens is 473 g/mol. The molecule has 0 bridgehead atoms. The Bertz CT molecular complexity index is 1620. The number of amides is 2. The van der Waals surface area contributed by atoms with Crippen LogP contribution in [-0.4, -0.2) is 45.9 Å². The molecule has 0 saturated carbocycles. The molecule has 1 saturated heterocycles. The number of piperidine rings is 1. The molecular formula is C28H24FN5O3. The highest BCUT2D eigenvalue weighted by Crippen LogP contribution is 2.37. The first-order chi connectivity index (χ1) is 17.9. The van der Waals surface area contributed by atoms with Crippen LogP contribution in [0.5, 0.6) is 0 Å². The molecule has 0 atom stereocenters. The van der Waals surface area contributed by atoms with Crippen LogP contribution < -0.4 is 10.5 Å². The van der Waals surface area contributed by atoms with E-state index < -0.39 is 23.2 Å². The lowest BCUT2D eigenvalue weighted by Gasteiger charge is -2.31. The number of carbonyl (C=O) groups excluding carboxylic acids is 2. The quantitative estimate of drug-likeness (QED) is 0.335. The van der Waals surface area contributed by atoms with Gasteiger partial charge in [-0.3, -0.25) is 19.5 Å². The number of H-pyrrole nitrogens is 1. The summed E-state index contributed by atoms with van der Waals surface area (Å²) in [6.45, 7) is 3.58. The predicted molar refractivity (Wildman–Crippen MR) is 139 cm³/mol. The van der Waals surface area contributed by atoms with E-state index in [4.69, 9.17) is 0 Å². The third kappa shape index (κ3) is 3.74. The molecule has 6 rings (SSSR count). The number of anilines is 1. The van der Waals surface area contributed by atoms with E-state index in [2.05, 4.69) is 15.1 Å². The molecule has 1 aromatic heterocycles. The van der Waals surface area contributed by atoms with Crippen molar-refractivity contribution in [3.05, 3.63) is 93.2 Å². The lowest BCUT2D eigenvalue weighted by atomic mass is 9.93. The lowest BCUT2D eigenvalue weighted by Crippen LogP contribution is -2.37. The minimum absolute atomic E-state index is 0.189. The maximum absolute atomic E-state index is 13.4. The molecule has 3 aromatic carbocycles. The lowest BCUT2D eigenvalue weighted by molar-refractivity contribution is 0.0616. The molecule has 2 amide bonds. The molecule has 37 heavy (non-hydrogen) atoms. The molecule has 0 aliphatic carbocycles. The van der Waals surface area contributed by atoms with Gasteiger partial charge in [0.05, 0.1) is 28.6 Å². The molecule has 186 valence electrons. The minimum Gasteiger partial charge on any atom is -0.371 e. The van der Waals surface area contributed by atoms with E-state index in [0.29, 0.717) is 27.9 Å². The van der Waals surface area contributed by atoms with Crippen LogP contribution in [0.25, 0.3) is 16.5 Å². The fourth-order valence-corrected chi connectivity index (χ4v) is 5.18. The van der Waals surface area contributed by atoms with Gasteiger partial charge in [-0.05, 0) is 68.7 Å². The zero-order valence-electron chi connectivity index (χ0n) is 20.2. The number of rotatable bonds is 4. The molecule has 4 aromatic rings. The van der Waals surface area contributed by atoms with Crippen LogP contribution in [0.4, 0.5) is 10.1 Å². The van der Waals surface area contributed by atoms with Gasteiger partial charge in [0.25, 0.3) is 17.4 Å². The van der Waals surface area contributed by atoms with E-state index in [-0.39, 0.29) is 5.56 Å². The topological polar surface area (TPSA) is 90.8 Å². The first-order valence-electron chi connectivity index (χ1n) is 12.2. The number of hydrogen-bond donors (Lipinski definition) is 1. The van der Waals surface area contributed by atoms with Crippen molar-refractivity contribution in [2.75, 3.05) is 18.0 Å². The van der Waals surface area contributed by atoms with E-state index in [0.717, 1.165) is 42.0 Å². The molecule has 9 heteroatoms. The molecule has 1 fully saturated rings. The number of aromatic nitrogens is 2. The zero-order valence-corrected chi connectivity index (χ0v) is 20.2. The molecule has 2 aliphatic heterocycles. The van der Waals surface area contributed by atoms with Crippen LogP contribution in [-0.2, 0) is 0 Å². The van der Waals surface area contributed by atoms with Crippen molar-refractivity contribution < 1.29 is 14.0 Å². The Morgan fingerprint density at radius 1 is 0.892 bits per heavy atom. The van der Waals surface area contributed by atoms with Crippen molar-refractivity contribution in [3.8, 4) is 5.69 Å². The highest BCUT2D eigenvalue weighted by Gasteiger charge is 2.34. The van der Waals surface area contributed by atoms with Crippen molar-refractivity contribution in [3.63, 3.8) is 0 Å². The predicted octanol–water partition coefficient (Wildman–Crippen LogP) is 4.39. The smallest absolute Gasteiger partial charge is 0.282 e. The summed E-state index contributed by atoms with van der Waals surface area (Å²) in [5.41, 5.74) is 2.53. The summed E-state index contributed by atoms with van der Waals surface area (Å²) in [5, 5.41) is 9.42. The van der Waals surface area contributed by atoms with E-state index in [9.17, 15) is 18.8 Å². The average molecular weight is 498 g/mol. The SMILES string of the molecule is Cc1[nH]n(-c2ccc(F)cc2)c(=O)c1/C=N/N1C(=O)c2cccc3c(N4CCCCC4)ccc(c23)C1=O. The third-order valence-corrected chi connectivity index (χ3v) is 7.06. The molecule has 3 heterocycles. The summed E-state index contributed by atoms with van der Waals surface area (Å²) in [5.74, 6) is -1.49. The minimum atomic E-state index is -0.540. The fourth-order valence-electron chi connectivity index (χ4n) is 5.18. The summed E-state index contributed by atoms with van der Waals surface area (Å²) in [6.07, 6.45) is 4.66. The molecule has 0 spiro atoms. The molecule has 0 radical (unpaired) electrons. The van der Waals surface area contributed by atoms with Gasteiger partial charge in [-0.25, -0.2) is 9.07 Å². The Hall–Kier alpha value is -4.53. The zero-order chi connectivity index (χ0) is 25.7. The summed E-state index contributed by atoms with van der Waals surface area (Å²) in [6, 6.07) is 14.6. The van der Waals surface area contributed by atoms with Crippen LogP contribution in [0.2, 0.25) is 0 Å². The first kappa shape index (κ1) is 22.9. The highest BCUT2D eigenvalue weighted by molar-refractivity contribution is 6.26. The van der Waals surface area contributed by atoms with Gasteiger partial charge in [-0.1, -0.05) is 12.1 Å². The number of hydrogen-bond acceptors (Lipinski definition) is 5. The number of benzene rings is 3. The second-order valence-corrected chi connectivity index (χ2v) is 9.34. The first-order valence-corrected chi connectivity index (χ1v) is 12.2. The summed E-state index contributed by atoms with van der Waals surface area (Å²) in [4.78, 5) is 42.1. The number of nitrogens with one attached hydrogen (secondary N) is 1. The molecule has 8 nitrogen and oxygen atoms in total. The molecule has 0 unspecified atom stereocenters. The molecule has 1 N–H and O–H groups in total. The summed E-state index contributed by atoms with van der Waals surface area (Å²) < 4.78 is 14.6. The fraction of sp³-hybridized carbons (Fsp3) is 0.214. The van der Waals surface area contributed by atoms with Crippen molar-refractivity contribution in [2.45, 2.75) is 26.2 Å². The molecule has 2 aliphatic rings. The number of nitrogens with zero attached hydrogens (tertiary/aromatic N) is 4. The van der Waals surface area contributed by atoms with Crippen molar-refractivity contribution in [2.24, 2.45) is 5.10 Å². The van der Waals surface area contributed by atoms with Crippen LogP contribution in [0, 0.1) is 12.7 Å². The van der Waals surface area contributed by atoms with Crippen molar-refractivity contribution in [1.82, 2.24) is 14.8 Å². The van der Waals surface area contributed by atoms with Gasteiger partial charge in [0.15, 0.2) is 0 Å². The van der Waals surface area contributed by atoms with Crippen LogP contribution in [0.15, 0.2) is 64.5 Å². The van der Waals surface area contributed by atoms with Gasteiger partial charge in [0.1, 0.15) is 5.82 Å². The second kappa shape index (κ2) is 8.85. The van der Waals surface area contributed by atoms with E-state index in [1.54, 1.807) is 19.1 Å². The Morgan fingerprint density at radius 3 is 2.32 bits per heavy atom. The highest BCUT2D eigenvalue weighted by atomic mass is 19.1. The van der Waals surface area contributed by atoms with Gasteiger partial charge < -0.3 is 4.90 Å². The van der Waals surface area contributed by atoms with E-state index in [1.807, 2.05) is 18.2 Å². The normalized spacial score (nSPS) is 15.8. The maximum atomic E-state index is 13.4. The summed E-state index contributed by atoms with van der Waals surface area (Å²) in [7, 11) is 0. The number of carbonyl (C=O) groups is 2. The standard InChI is InChI=1S/C28H24FN5O3/c1-17-23(28(37)33(31-17)19-10-8-18(29)9-11-19)16-30-34-26(35)21-7-5-6-20-24(32-14-3-2-4-15-32)13-12-22(25(20)21)27(34)36/h5-13,16,31H,2-4,14-15H2,1H3/b30-16+. The Kier molecular flexibility index (Phi) is 5.48. The second-order valence-electron chi connectivity index (χ2n) is 9.34. The van der Waals surface area contributed by atoms with E-state index >= 15 is 0 Å². The monoisotopic (exact) mass is 497 g/mol. The largest absolute Gasteiger partial charge is 0.371 e. The number of imide groups is 1. The van der Waals surface area contributed by atoms with Crippen LogP contribution in [0.3, 0.4) is 0 Å². The maximum Gasteiger partial charge on any atom is 0.282 e. The van der Waals surface area contributed by atoms with Gasteiger partial charge in [-0.2, -0.15) is 10.1 Å². The van der Waals surface area contributed by atoms with Crippen LogP contribution in [0.1, 0.15) is 51.2 Å². The Labute approximate surface area is 211 Å². The van der Waals surface area contributed by atoms with Gasteiger partial charge >= 0.3 is 0 Å². The average Bonchev–Trinajstić information content (AvgIpc) is 3.20. The van der Waals surface area contributed by atoms with Crippen LogP contribution >= 0.6 is 0 Å². The van der Waals surface area contributed by atoms with E-state index in [1.165, 1.54) is 41.6 Å². The van der Waals surface area contributed by atoms with Gasteiger partial charge in [0, 0.05) is 35.2 Å². The van der Waals surface area contributed by atoms with Crippen molar-refractivity contribution >= 4 is 34.5 Å². The number of aryl methyl sites for hydroxylation is 1.